The van der Waals surface area contributed by atoms with Crippen molar-refractivity contribution < 1.29 is 19.1 Å². The van der Waals surface area contributed by atoms with Gasteiger partial charge in [0.1, 0.15) is 0 Å². The van der Waals surface area contributed by atoms with Crippen LogP contribution in [-0.4, -0.2) is 24.7 Å². The number of carbonyl (C=O) groups excluding carboxylic acids is 2. The number of cyclic esters (lactones) is 1. The zero-order valence-electron chi connectivity index (χ0n) is 8.99. The van der Waals surface area contributed by atoms with E-state index in [0.29, 0.717) is 24.1 Å². The van der Waals surface area contributed by atoms with Gasteiger partial charge in [-0.25, -0.2) is 4.79 Å². The molecule has 1 saturated heterocycles. The van der Waals surface area contributed by atoms with Crippen LogP contribution in [0, 0.1) is 0 Å². The molecule has 0 aromatic rings. The van der Waals surface area contributed by atoms with E-state index >= 15 is 0 Å². The van der Waals surface area contributed by atoms with Crippen LogP contribution < -0.4 is 5.32 Å². The largest absolute Gasteiger partial charge is 0.458 e. The van der Waals surface area contributed by atoms with Gasteiger partial charge in [-0.2, -0.15) is 0 Å². The van der Waals surface area contributed by atoms with Crippen molar-refractivity contribution >= 4 is 11.9 Å². The first kappa shape index (κ1) is 10.7. The number of carbonyl (C=O) groups is 2. The van der Waals surface area contributed by atoms with Gasteiger partial charge >= 0.3 is 5.97 Å². The van der Waals surface area contributed by atoms with Gasteiger partial charge in [-0.05, 0) is 19.8 Å². The van der Waals surface area contributed by atoms with E-state index in [1.54, 1.807) is 13.0 Å². The minimum atomic E-state index is -0.699. The van der Waals surface area contributed by atoms with Crippen molar-refractivity contribution in [2.75, 3.05) is 6.54 Å². The molecule has 0 aliphatic carbocycles. The topological polar surface area (TPSA) is 64.6 Å². The summed E-state index contributed by atoms with van der Waals surface area (Å²) in [6.45, 7) is 2.36. The second kappa shape index (κ2) is 4.38. The fraction of sp³-hybridized carbons (Fsp3) is 0.455. The monoisotopic (exact) mass is 223 g/mol. The number of hydrogen-bond acceptors (Lipinski definition) is 4. The Balaban J connectivity index is 1.94. The van der Waals surface area contributed by atoms with E-state index in [1.165, 1.54) is 6.26 Å². The first-order chi connectivity index (χ1) is 7.66. The lowest BCUT2D eigenvalue weighted by molar-refractivity contribution is -0.152. The number of ether oxygens (including phenoxy) is 2. The summed E-state index contributed by atoms with van der Waals surface area (Å²) in [5, 5.41) is 2.71. The Kier molecular flexibility index (Phi) is 2.94. The second-order valence-corrected chi connectivity index (χ2v) is 3.76. The fourth-order valence-corrected chi connectivity index (χ4v) is 1.54. The zero-order valence-corrected chi connectivity index (χ0v) is 8.99. The molecule has 5 heteroatoms. The number of rotatable bonds is 2. The van der Waals surface area contributed by atoms with Gasteiger partial charge in [0.25, 0.3) is 6.29 Å². The molecule has 0 aromatic heterocycles. The second-order valence-electron chi connectivity index (χ2n) is 3.76. The molecule has 1 N–H and O–H groups in total. The molecular formula is C11H13NO4. The summed E-state index contributed by atoms with van der Waals surface area (Å²) < 4.78 is 10.1. The van der Waals surface area contributed by atoms with Crippen molar-refractivity contribution in [3.05, 3.63) is 23.5 Å². The Morgan fingerprint density at radius 3 is 3.00 bits per heavy atom. The summed E-state index contributed by atoms with van der Waals surface area (Å²) in [5.74, 6) is -0.493. The molecule has 0 bridgehead atoms. The SMILES string of the molecule is CC1=CC(O/C=C2\CCCNC2=O)OC1=O. The molecule has 2 aliphatic heterocycles. The molecule has 0 aromatic carbocycles. The van der Waals surface area contributed by atoms with Crippen LogP contribution in [0.1, 0.15) is 19.8 Å². The average molecular weight is 223 g/mol. The highest BCUT2D eigenvalue weighted by Gasteiger charge is 2.23. The third-order valence-corrected chi connectivity index (χ3v) is 2.48. The Morgan fingerprint density at radius 2 is 2.38 bits per heavy atom. The Bertz CT molecular complexity index is 383. The Morgan fingerprint density at radius 1 is 1.56 bits per heavy atom. The highest BCUT2D eigenvalue weighted by Crippen LogP contribution is 2.16. The summed E-state index contributed by atoms with van der Waals surface area (Å²) in [6, 6.07) is 0. The van der Waals surface area contributed by atoms with E-state index in [2.05, 4.69) is 5.32 Å². The summed E-state index contributed by atoms with van der Waals surface area (Å²) in [5.41, 5.74) is 1.11. The van der Waals surface area contributed by atoms with Crippen molar-refractivity contribution in [3.8, 4) is 0 Å². The molecule has 1 unspecified atom stereocenters. The minimum Gasteiger partial charge on any atom is -0.458 e. The highest BCUT2D eigenvalue weighted by molar-refractivity contribution is 5.93. The highest BCUT2D eigenvalue weighted by atomic mass is 16.7. The minimum absolute atomic E-state index is 0.115. The lowest BCUT2D eigenvalue weighted by atomic mass is 10.1. The van der Waals surface area contributed by atoms with Crippen LogP contribution in [0.2, 0.25) is 0 Å². The Labute approximate surface area is 93.1 Å². The number of esters is 1. The third-order valence-electron chi connectivity index (χ3n) is 2.48. The molecule has 0 radical (unpaired) electrons. The first-order valence-electron chi connectivity index (χ1n) is 5.19. The lowest BCUT2D eigenvalue weighted by Gasteiger charge is -2.15. The predicted molar refractivity (Wildman–Crippen MR) is 55.0 cm³/mol. The molecule has 2 rings (SSSR count). The number of hydrogen-bond donors (Lipinski definition) is 1. The summed E-state index contributed by atoms with van der Waals surface area (Å²) in [6.07, 6.45) is 3.85. The van der Waals surface area contributed by atoms with Crippen molar-refractivity contribution in [3.63, 3.8) is 0 Å². The quantitative estimate of drug-likeness (QED) is 0.423. The van der Waals surface area contributed by atoms with Gasteiger partial charge in [0.15, 0.2) is 0 Å². The van der Waals surface area contributed by atoms with E-state index < -0.39 is 6.29 Å². The molecule has 86 valence electrons. The van der Waals surface area contributed by atoms with E-state index in [0.717, 1.165) is 6.42 Å². The van der Waals surface area contributed by atoms with Gasteiger partial charge in [-0.1, -0.05) is 0 Å². The first-order valence-corrected chi connectivity index (χ1v) is 5.19. The lowest BCUT2D eigenvalue weighted by Crippen LogP contribution is -2.31. The maximum absolute atomic E-state index is 11.3. The zero-order chi connectivity index (χ0) is 11.5. The molecule has 1 amide bonds. The number of nitrogens with one attached hydrogen (secondary N) is 1. The molecule has 0 saturated carbocycles. The van der Waals surface area contributed by atoms with Crippen LogP contribution in [0.15, 0.2) is 23.5 Å². The van der Waals surface area contributed by atoms with Gasteiger partial charge in [-0.3, -0.25) is 4.79 Å². The fourth-order valence-electron chi connectivity index (χ4n) is 1.54. The van der Waals surface area contributed by atoms with Crippen molar-refractivity contribution in [1.29, 1.82) is 0 Å². The van der Waals surface area contributed by atoms with Gasteiger partial charge in [0.2, 0.25) is 5.91 Å². The summed E-state index contributed by atoms with van der Waals surface area (Å²) in [7, 11) is 0. The molecular weight excluding hydrogens is 210 g/mol. The maximum Gasteiger partial charge on any atom is 0.336 e. The van der Waals surface area contributed by atoms with Gasteiger partial charge in [0.05, 0.1) is 11.8 Å². The standard InChI is InChI=1S/C11H13NO4/c1-7-5-9(16-11(7)14)15-6-8-3-2-4-12-10(8)13/h5-6,9H,2-4H2,1H3,(H,12,13)/b8-6+. The van der Waals surface area contributed by atoms with Gasteiger partial charge < -0.3 is 14.8 Å². The van der Waals surface area contributed by atoms with Crippen LogP contribution in [0.5, 0.6) is 0 Å². The van der Waals surface area contributed by atoms with Crippen LogP contribution in [0.25, 0.3) is 0 Å². The normalized spacial score (nSPS) is 27.4. The van der Waals surface area contributed by atoms with Crippen LogP contribution in [0.3, 0.4) is 0 Å². The van der Waals surface area contributed by atoms with E-state index in [4.69, 9.17) is 9.47 Å². The molecule has 1 atom stereocenters. The predicted octanol–water partition coefficient (Wildman–Crippen LogP) is 0.626. The van der Waals surface area contributed by atoms with Crippen molar-refractivity contribution in [2.45, 2.75) is 26.1 Å². The maximum atomic E-state index is 11.3. The molecule has 2 aliphatic rings. The van der Waals surface area contributed by atoms with E-state index in [9.17, 15) is 9.59 Å². The molecule has 2 heterocycles. The molecule has 0 spiro atoms. The van der Waals surface area contributed by atoms with Crippen LogP contribution in [-0.2, 0) is 19.1 Å². The molecule has 1 fully saturated rings. The average Bonchev–Trinajstić information content (AvgIpc) is 2.57. The number of amides is 1. The van der Waals surface area contributed by atoms with Gasteiger partial charge in [-0.15, -0.1) is 0 Å². The number of piperidine rings is 1. The Hall–Kier alpha value is -1.78. The van der Waals surface area contributed by atoms with Gasteiger partial charge in [0, 0.05) is 18.2 Å². The van der Waals surface area contributed by atoms with Crippen LogP contribution in [0.4, 0.5) is 0 Å². The molecule has 5 nitrogen and oxygen atoms in total. The van der Waals surface area contributed by atoms with Crippen molar-refractivity contribution in [1.82, 2.24) is 5.32 Å². The van der Waals surface area contributed by atoms with Crippen molar-refractivity contribution in [2.24, 2.45) is 0 Å². The van der Waals surface area contributed by atoms with Crippen LogP contribution >= 0.6 is 0 Å². The van der Waals surface area contributed by atoms with E-state index in [1.807, 2.05) is 0 Å². The summed E-state index contributed by atoms with van der Waals surface area (Å²) in [4.78, 5) is 22.4. The summed E-state index contributed by atoms with van der Waals surface area (Å²) >= 11 is 0. The smallest absolute Gasteiger partial charge is 0.336 e. The molecule has 16 heavy (non-hydrogen) atoms. The van der Waals surface area contributed by atoms with E-state index in [-0.39, 0.29) is 11.9 Å². The third kappa shape index (κ3) is 2.24.